The first-order valence-corrected chi connectivity index (χ1v) is 7.77. The summed E-state index contributed by atoms with van der Waals surface area (Å²) in [7, 11) is 0. The zero-order valence-electron chi connectivity index (χ0n) is 13.8. The van der Waals surface area contributed by atoms with Gasteiger partial charge in [-0.3, -0.25) is 14.3 Å². The highest BCUT2D eigenvalue weighted by Gasteiger charge is 2.39. The van der Waals surface area contributed by atoms with Crippen LogP contribution in [0.1, 0.15) is 50.5 Å². The first kappa shape index (κ1) is 16.5. The van der Waals surface area contributed by atoms with E-state index in [0.717, 1.165) is 17.8 Å². The second-order valence-corrected chi connectivity index (χ2v) is 6.71. The van der Waals surface area contributed by atoms with Crippen LogP contribution in [0, 0.1) is 19.3 Å². The quantitative estimate of drug-likeness (QED) is 0.925. The third-order valence-electron chi connectivity index (χ3n) is 4.50. The predicted octanol–water partition coefficient (Wildman–Crippen LogP) is 2.16. The average molecular weight is 307 g/mol. The number of hydrogen-bond acceptors (Lipinski definition) is 3. The van der Waals surface area contributed by atoms with Gasteiger partial charge in [-0.2, -0.15) is 5.10 Å². The Morgan fingerprint density at radius 3 is 2.68 bits per heavy atom. The summed E-state index contributed by atoms with van der Waals surface area (Å²) in [6.07, 6.45) is 1.71. The van der Waals surface area contributed by atoms with Gasteiger partial charge in [0.1, 0.15) is 0 Å². The number of carbonyl (C=O) groups is 2. The maximum atomic E-state index is 12.5. The molecule has 1 aromatic heterocycles. The normalized spacial score (nSPS) is 23.4. The van der Waals surface area contributed by atoms with Crippen LogP contribution in [0.15, 0.2) is 6.07 Å². The lowest BCUT2D eigenvalue weighted by atomic mass is 9.82. The SMILES string of the molecule is Cc1cc(C)n(C(C)CC(=O)N2CCCC(C)(C(=O)O)C2)n1. The summed E-state index contributed by atoms with van der Waals surface area (Å²) in [6.45, 7) is 8.54. The van der Waals surface area contributed by atoms with E-state index in [1.807, 2.05) is 31.5 Å². The number of hydrogen-bond donors (Lipinski definition) is 1. The molecule has 1 aliphatic heterocycles. The van der Waals surface area contributed by atoms with E-state index >= 15 is 0 Å². The van der Waals surface area contributed by atoms with E-state index in [1.165, 1.54) is 0 Å². The van der Waals surface area contributed by atoms with Gasteiger partial charge in [-0.05, 0) is 46.6 Å². The lowest BCUT2D eigenvalue weighted by molar-refractivity contribution is -0.153. The number of amides is 1. The van der Waals surface area contributed by atoms with Gasteiger partial charge in [0.25, 0.3) is 0 Å². The molecule has 0 aromatic carbocycles. The van der Waals surface area contributed by atoms with Crippen molar-refractivity contribution in [3.05, 3.63) is 17.5 Å². The molecule has 2 unspecified atom stereocenters. The highest BCUT2D eigenvalue weighted by Crippen LogP contribution is 2.30. The summed E-state index contributed by atoms with van der Waals surface area (Å²) < 4.78 is 1.87. The molecule has 1 aliphatic rings. The third-order valence-corrected chi connectivity index (χ3v) is 4.50. The maximum absolute atomic E-state index is 12.5. The first-order valence-electron chi connectivity index (χ1n) is 7.77. The molecule has 1 saturated heterocycles. The van der Waals surface area contributed by atoms with E-state index in [4.69, 9.17) is 0 Å². The Kier molecular flexibility index (Phi) is 4.58. The summed E-state index contributed by atoms with van der Waals surface area (Å²) in [4.78, 5) is 25.6. The smallest absolute Gasteiger partial charge is 0.311 e. The molecule has 0 radical (unpaired) electrons. The van der Waals surface area contributed by atoms with E-state index in [-0.39, 0.29) is 11.9 Å². The van der Waals surface area contributed by atoms with Crippen LogP contribution in [0.2, 0.25) is 0 Å². The molecule has 0 aliphatic carbocycles. The van der Waals surface area contributed by atoms with Crippen molar-refractivity contribution in [2.24, 2.45) is 5.41 Å². The highest BCUT2D eigenvalue weighted by atomic mass is 16.4. The zero-order valence-corrected chi connectivity index (χ0v) is 13.8. The summed E-state index contributed by atoms with van der Waals surface area (Å²) in [6, 6.07) is 1.96. The standard InChI is InChI=1S/C16H25N3O3/c1-11-8-12(2)19(17-11)13(3)9-14(20)18-7-5-6-16(4,10-18)15(21)22/h8,13H,5-7,9-10H2,1-4H3,(H,21,22). The Morgan fingerprint density at radius 1 is 1.45 bits per heavy atom. The molecule has 0 bridgehead atoms. The van der Waals surface area contributed by atoms with Crippen LogP contribution < -0.4 is 0 Å². The second-order valence-electron chi connectivity index (χ2n) is 6.71. The number of aryl methyl sites for hydroxylation is 2. The molecule has 6 heteroatoms. The molecule has 1 amide bonds. The average Bonchev–Trinajstić information content (AvgIpc) is 2.77. The van der Waals surface area contributed by atoms with Crippen molar-refractivity contribution in [1.82, 2.24) is 14.7 Å². The van der Waals surface area contributed by atoms with Gasteiger partial charge in [0, 0.05) is 25.2 Å². The molecule has 2 heterocycles. The topological polar surface area (TPSA) is 75.4 Å². The van der Waals surface area contributed by atoms with E-state index < -0.39 is 11.4 Å². The number of rotatable bonds is 4. The molecule has 2 atom stereocenters. The van der Waals surface area contributed by atoms with Crippen molar-refractivity contribution in [2.45, 2.75) is 53.0 Å². The zero-order chi connectivity index (χ0) is 16.5. The van der Waals surface area contributed by atoms with Crippen molar-refractivity contribution in [3.63, 3.8) is 0 Å². The van der Waals surface area contributed by atoms with Gasteiger partial charge in [0.05, 0.1) is 17.2 Å². The van der Waals surface area contributed by atoms with Crippen molar-refractivity contribution in [3.8, 4) is 0 Å². The molecule has 1 fully saturated rings. The Morgan fingerprint density at radius 2 is 2.14 bits per heavy atom. The fourth-order valence-corrected chi connectivity index (χ4v) is 3.19. The molecule has 1 aromatic rings. The minimum Gasteiger partial charge on any atom is -0.481 e. The number of piperidine rings is 1. The van der Waals surface area contributed by atoms with Gasteiger partial charge < -0.3 is 10.0 Å². The molecule has 1 N–H and O–H groups in total. The van der Waals surface area contributed by atoms with Crippen molar-refractivity contribution in [1.29, 1.82) is 0 Å². The van der Waals surface area contributed by atoms with Crippen molar-refractivity contribution in [2.75, 3.05) is 13.1 Å². The lowest BCUT2D eigenvalue weighted by Gasteiger charge is -2.38. The molecule has 0 spiro atoms. The molecular formula is C16H25N3O3. The number of aliphatic carboxylic acids is 1. The number of aromatic nitrogens is 2. The summed E-state index contributed by atoms with van der Waals surface area (Å²) >= 11 is 0. The fraction of sp³-hybridized carbons (Fsp3) is 0.688. The molecule has 6 nitrogen and oxygen atoms in total. The van der Waals surface area contributed by atoms with Crippen molar-refractivity contribution >= 4 is 11.9 Å². The second kappa shape index (κ2) is 6.10. The van der Waals surface area contributed by atoms with Crippen LogP contribution in [0.4, 0.5) is 0 Å². The monoisotopic (exact) mass is 307 g/mol. The van der Waals surface area contributed by atoms with E-state index in [2.05, 4.69) is 5.10 Å². The van der Waals surface area contributed by atoms with Crippen LogP contribution in [0.3, 0.4) is 0 Å². The first-order chi connectivity index (χ1) is 10.2. The van der Waals surface area contributed by atoms with Crippen LogP contribution in [-0.4, -0.2) is 44.8 Å². The Balaban J connectivity index is 2.03. The maximum Gasteiger partial charge on any atom is 0.311 e. The van der Waals surface area contributed by atoms with Crippen LogP contribution in [0.25, 0.3) is 0 Å². The summed E-state index contributed by atoms with van der Waals surface area (Å²) in [5.74, 6) is -0.816. The minimum atomic E-state index is -0.824. The van der Waals surface area contributed by atoms with Gasteiger partial charge in [-0.25, -0.2) is 0 Å². The Bertz CT molecular complexity index is 581. The number of carbonyl (C=O) groups excluding carboxylic acids is 1. The van der Waals surface area contributed by atoms with Gasteiger partial charge in [0.2, 0.25) is 5.91 Å². The number of carboxylic acids is 1. The largest absolute Gasteiger partial charge is 0.481 e. The number of nitrogens with zero attached hydrogens (tertiary/aromatic N) is 3. The number of carboxylic acid groups (broad SMARTS) is 1. The molecule has 2 rings (SSSR count). The summed E-state index contributed by atoms with van der Waals surface area (Å²) in [5, 5.41) is 13.8. The summed E-state index contributed by atoms with van der Waals surface area (Å²) in [5.41, 5.74) is 1.15. The Hall–Kier alpha value is -1.85. The molecule has 22 heavy (non-hydrogen) atoms. The van der Waals surface area contributed by atoms with Gasteiger partial charge in [-0.1, -0.05) is 0 Å². The van der Waals surface area contributed by atoms with E-state index in [9.17, 15) is 14.7 Å². The number of likely N-dealkylation sites (tertiary alicyclic amines) is 1. The fourth-order valence-electron chi connectivity index (χ4n) is 3.19. The minimum absolute atomic E-state index is 0.00669. The van der Waals surface area contributed by atoms with Crippen LogP contribution in [-0.2, 0) is 9.59 Å². The van der Waals surface area contributed by atoms with Crippen LogP contribution >= 0.6 is 0 Å². The third kappa shape index (κ3) is 3.31. The van der Waals surface area contributed by atoms with Gasteiger partial charge >= 0.3 is 5.97 Å². The Labute approximate surface area is 131 Å². The lowest BCUT2D eigenvalue weighted by Crippen LogP contribution is -2.48. The highest BCUT2D eigenvalue weighted by molar-refractivity contribution is 5.79. The molecular weight excluding hydrogens is 282 g/mol. The van der Waals surface area contributed by atoms with E-state index in [0.29, 0.717) is 25.9 Å². The predicted molar refractivity (Wildman–Crippen MR) is 82.6 cm³/mol. The molecule has 0 saturated carbocycles. The van der Waals surface area contributed by atoms with E-state index in [1.54, 1.807) is 11.8 Å². The van der Waals surface area contributed by atoms with Crippen LogP contribution in [0.5, 0.6) is 0 Å². The van der Waals surface area contributed by atoms with Gasteiger partial charge in [0.15, 0.2) is 0 Å². The molecule has 122 valence electrons. The van der Waals surface area contributed by atoms with Crippen molar-refractivity contribution < 1.29 is 14.7 Å². The van der Waals surface area contributed by atoms with Gasteiger partial charge in [-0.15, -0.1) is 0 Å².